The average Bonchev–Trinajstić information content (AvgIpc) is 3.07. The summed E-state index contributed by atoms with van der Waals surface area (Å²) < 4.78 is 1.72. The molecular weight excluding hydrogens is 353 g/mol. The molecule has 3 aromatic rings. The highest BCUT2D eigenvalue weighted by molar-refractivity contribution is 6.52. The van der Waals surface area contributed by atoms with E-state index in [-0.39, 0.29) is 0 Å². The summed E-state index contributed by atoms with van der Waals surface area (Å²) in [5.41, 5.74) is 2.79. The van der Waals surface area contributed by atoms with Crippen molar-refractivity contribution in [3.05, 3.63) is 82.4 Å². The number of hydrogen-bond acceptors (Lipinski definition) is 2. The first-order chi connectivity index (χ1) is 11.1. The van der Waals surface area contributed by atoms with Crippen LogP contribution in [0.3, 0.4) is 0 Å². The van der Waals surface area contributed by atoms with Crippen molar-refractivity contribution >= 4 is 45.4 Å². The van der Waals surface area contributed by atoms with Crippen LogP contribution in [0.4, 0.5) is 0 Å². The molecule has 0 bridgehead atoms. The maximum atomic E-state index is 6.66. The molecule has 0 radical (unpaired) electrons. The lowest BCUT2D eigenvalue weighted by atomic mass is 10.0. The number of benzene rings is 2. The molecule has 1 heterocycles. The van der Waals surface area contributed by atoms with E-state index in [1.165, 1.54) is 6.33 Å². The van der Waals surface area contributed by atoms with Gasteiger partial charge in [0, 0.05) is 15.6 Å². The Balaban J connectivity index is 2.07. The zero-order chi connectivity index (χ0) is 16.2. The summed E-state index contributed by atoms with van der Waals surface area (Å²) in [4.78, 5) is 3.97. The maximum absolute atomic E-state index is 6.66. The Labute approximate surface area is 149 Å². The van der Waals surface area contributed by atoms with Gasteiger partial charge in [-0.05, 0) is 35.4 Å². The summed E-state index contributed by atoms with van der Waals surface area (Å²) in [6.45, 7) is 0.503. The van der Waals surface area contributed by atoms with Crippen molar-refractivity contribution in [1.29, 1.82) is 0 Å². The van der Waals surface area contributed by atoms with E-state index >= 15 is 0 Å². The molecule has 3 nitrogen and oxygen atoms in total. The number of allylic oxidation sites excluding steroid dienone is 1. The Hall–Kier alpha value is -1.81. The van der Waals surface area contributed by atoms with Gasteiger partial charge < -0.3 is 0 Å². The van der Waals surface area contributed by atoms with Gasteiger partial charge in [0.15, 0.2) is 0 Å². The lowest BCUT2D eigenvalue weighted by Crippen LogP contribution is -2.02. The van der Waals surface area contributed by atoms with E-state index in [1.807, 2.05) is 48.5 Å². The molecule has 23 heavy (non-hydrogen) atoms. The summed E-state index contributed by atoms with van der Waals surface area (Å²) in [6.07, 6.45) is 3.15. The van der Waals surface area contributed by atoms with Crippen LogP contribution >= 0.6 is 34.8 Å². The van der Waals surface area contributed by atoms with E-state index in [0.717, 1.165) is 16.7 Å². The Morgan fingerprint density at radius 3 is 1.96 bits per heavy atom. The van der Waals surface area contributed by atoms with Crippen molar-refractivity contribution in [1.82, 2.24) is 14.8 Å². The van der Waals surface area contributed by atoms with Crippen molar-refractivity contribution in [2.24, 2.45) is 0 Å². The van der Waals surface area contributed by atoms with E-state index in [4.69, 9.17) is 34.8 Å². The Kier molecular flexibility index (Phi) is 5.01. The second kappa shape index (κ2) is 7.18. The fourth-order valence-corrected chi connectivity index (χ4v) is 2.73. The number of rotatable bonds is 4. The SMILES string of the molecule is Cl/C(=C(\Cn1cncn1)c1ccc(Cl)cc1)c1ccc(Cl)cc1. The molecular formula is C17H12Cl3N3. The quantitative estimate of drug-likeness (QED) is 0.581. The first-order valence-corrected chi connectivity index (χ1v) is 8.00. The molecule has 0 atom stereocenters. The molecule has 0 aliphatic heterocycles. The van der Waals surface area contributed by atoms with E-state index in [2.05, 4.69) is 10.1 Å². The van der Waals surface area contributed by atoms with Gasteiger partial charge in [-0.25, -0.2) is 9.67 Å². The number of nitrogens with zero attached hydrogens (tertiary/aromatic N) is 3. The molecule has 0 saturated heterocycles. The van der Waals surface area contributed by atoms with Gasteiger partial charge in [-0.3, -0.25) is 0 Å². The summed E-state index contributed by atoms with van der Waals surface area (Å²) in [5.74, 6) is 0. The predicted molar refractivity (Wildman–Crippen MR) is 95.6 cm³/mol. The highest BCUT2D eigenvalue weighted by atomic mass is 35.5. The highest BCUT2D eigenvalue weighted by Crippen LogP contribution is 2.32. The molecule has 0 spiro atoms. The van der Waals surface area contributed by atoms with Gasteiger partial charge in [-0.15, -0.1) is 0 Å². The van der Waals surface area contributed by atoms with Crippen molar-refractivity contribution in [3.63, 3.8) is 0 Å². The van der Waals surface area contributed by atoms with Crippen LogP contribution in [-0.4, -0.2) is 14.8 Å². The second-order valence-electron chi connectivity index (χ2n) is 4.90. The van der Waals surface area contributed by atoms with Gasteiger partial charge in [-0.2, -0.15) is 5.10 Å². The first-order valence-electron chi connectivity index (χ1n) is 6.86. The average molecular weight is 365 g/mol. The number of halogens is 3. The highest BCUT2D eigenvalue weighted by Gasteiger charge is 2.11. The smallest absolute Gasteiger partial charge is 0.137 e. The largest absolute Gasteiger partial charge is 0.248 e. The third-order valence-corrected chi connectivity index (χ3v) is 4.29. The predicted octanol–water partition coefficient (Wildman–Crippen LogP) is 5.39. The molecule has 0 saturated carbocycles. The van der Waals surface area contributed by atoms with Crippen LogP contribution in [0.2, 0.25) is 10.0 Å². The van der Waals surface area contributed by atoms with Crippen molar-refractivity contribution in [3.8, 4) is 0 Å². The molecule has 0 amide bonds. The van der Waals surface area contributed by atoms with Crippen LogP contribution in [0.15, 0.2) is 61.2 Å². The van der Waals surface area contributed by atoms with Crippen LogP contribution < -0.4 is 0 Å². The number of aromatic nitrogens is 3. The fraction of sp³-hybridized carbons (Fsp3) is 0.0588. The van der Waals surface area contributed by atoms with Crippen LogP contribution in [0.1, 0.15) is 11.1 Å². The van der Waals surface area contributed by atoms with Gasteiger partial charge in [-0.1, -0.05) is 59.1 Å². The first kappa shape index (κ1) is 16.1. The summed E-state index contributed by atoms with van der Waals surface area (Å²) in [5, 5.41) is 6.14. The third kappa shape index (κ3) is 3.94. The molecule has 1 aromatic heterocycles. The fourth-order valence-electron chi connectivity index (χ4n) is 2.19. The van der Waals surface area contributed by atoms with Crippen LogP contribution in [-0.2, 0) is 6.54 Å². The molecule has 0 aliphatic rings. The molecule has 3 rings (SSSR count). The van der Waals surface area contributed by atoms with Crippen molar-refractivity contribution in [2.45, 2.75) is 6.54 Å². The number of hydrogen-bond donors (Lipinski definition) is 0. The minimum Gasteiger partial charge on any atom is -0.248 e. The topological polar surface area (TPSA) is 30.7 Å². The van der Waals surface area contributed by atoms with E-state index in [0.29, 0.717) is 21.6 Å². The van der Waals surface area contributed by atoms with Crippen molar-refractivity contribution < 1.29 is 0 Å². The lowest BCUT2D eigenvalue weighted by Gasteiger charge is -2.12. The monoisotopic (exact) mass is 363 g/mol. The second-order valence-corrected chi connectivity index (χ2v) is 6.15. The lowest BCUT2D eigenvalue weighted by molar-refractivity contribution is 0.711. The minimum absolute atomic E-state index is 0.503. The summed E-state index contributed by atoms with van der Waals surface area (Å²) in [7, 11) is 0. The molecule has 0 fully saturated rings. The molecule has 0 aliphatic carbocycles. The van der Waals surface area contributed by atoms with Crippen LogP contribution in [0, 0.1) is 0 Å². The van der Waals surface area contributed by atoms with E-state index in [1.54, 1.807) is 11.0 Å². The Morgan fingerprint density at radius 1 is 0.870 bits per heavy atom. The minimum atomic E-state index is 0.503. The van der Waals surface area contributed by atoms with E-state index in [9.17, 15) is 0 Å². The van der Waals surface area contributed by atoms with Gasteiger partial charge >= 0.3 is 0 Å². The maximum Gasteiger partial charge on any atom is 0.137 e. The van der Waals surface area contributed by atoms with E-state index < -0.39 is 0 Å². The van der Waals surface area contributed by atoms with Crippen LogP contribution in [0.25, 0.3) is 10.6 Å². The van der Waals surface area contributed by atoms with Gasteiger partial charge in [0.05, 0.1) is 11.6 Å². The third-order valence-electron chi connectivity index (χ3n) is 3.34. The van der Waals surface area contributed by atoms with Crippen LogP contribution in [0.5, 0.6) is 0 Å². The standard InChI is InChI=1S/C17H12Cl3N3/c18-14-5-1-12(2-6-14)16(9-23-11-21-10-22-23)17(20)13-3-7-15(19)8-4-13/h1-8,10-11H,9H2/b17-16+. The van der Waals surface area contributed by atoms with Crippen molar-refractivity contribution in [2.75, 3.05) is 0 Å². The molecule has 0 unspecified atom stereocenters. The molecule has 0 N–H and O–H groups in total. The normalized spacial score (nSPS) is 12.1. The zero-order valence-electron chi connectivity index (χ0n) is 12.0. The Bertz CT molecular complexity index is 807. The molecule has 116 valence electrons. The van der Waals surface area contributed by atoms with Gasteiger partial charge in [0.25, 0.3) is 0 Å². The summed E-state index contributed by atoms with van der Waals surface area (Å²) in [6, 6.07) is 15.0. The van der Waals surface area contributed by atoms with Gasteiger partial charge in [0.2, 0.25) is 0 Å². The Morgan fingerprint density at radius 2 is 1.43 bits per heavy atom. The molecule has 6 heteroatoms. The molecule has 2 aromatic carbocycles. The summed E-state index contributed by atoms with van der Waals surface area (Å²) >= 11 is 18.6. The zero-order valence-corrected chi connectivity index (χ0v) is 14.2. The van der Waals surface area contributed by atoms with Gasteiger partial charge in [0.1, 0.15) is 12.7 Å².